The van der Waals surface area contributed by atoms with E-state index < -0.39 is 0 Å². The Balaban J connectivity index is 1.51. The van der Waals surface area contributed by atoms with Crippen molar-refractivity contribution in [3.05, 3.63) is 54.0 Å². The minimum absolute atomic E-state index is 0.00856. The smallest absolute Gasteiger partial charge is 0.274 e. The van der Waals surface area contributed by atoms with Crippen molar-refractivity contribution in [1.82, 2.24) is 14.9 Å². The number of carbonyl (C=O) groups excluding carboxylic acids is 1. The molecular formula is C21H28N4O. The molecule has 2 heterocycles. The van der Waals surface area contributed by atoms with Gasteiger partial charge in [-0.3, -0.25) is 4.79 Å². The standard InChI is InChI=1S/C21H28N4O/c1-3-16(2)24-20-15-22-19(14-23-20)21(26)25-11-9-18(10-12-25)13-17-7-5-4-6-8-17/h4-8,14-16,18H,3,9-13H2,1-2H3,(H,23,24). The first-order chi connectivity index (χ1) is 12.7. The van der Waals surface area contributed by atoms with Gasteiger partial charge in [0.15, 0.2) is 0 Å². The molecule has 2 aromatic rings. The monoisotopic (exact) mass is 352 g/mol. The summed E-state index contributed by atoms with van der Waals surface area (Å²) >= 11 is 0. The Morgan fingerprint density at radius 1 is 1.19 bits per heavy atom. The average Bonchev–Trinajstić information content (AvgIpc) is 2.69. The van der Waals surface area contributed by atoms with Gasteiger partial charge in [0.25, 0.3) is 5.91 Å². The lowest BCUT2D eigenvalue weighted by Gasteiger charge is -2.31. The molecule has 1 N–H and O–H groups in total. The summed E-state index contributed by atoms with van der Waals surface area (Å²) in [5.74, 6) is 1.36. The van der Waals surface area contributed by atoms with E-state index in [1.165, 1.54) is 5.56 Å². The number of carbonyl (C=O) groups is 1. The van der Waals surface area contributed by atoms with Crippen molar-refractivity contribution < 1.29 is 4.79 Å². The molecule has 5 heteroatoms. The fraction of sp³-hybridized carbons (Fsp3) is 0.476. The maximum Gasteiger partial charge on any atom is 0.274 e. The quantitative estimate of drug-likeness (QED) is 0.859. The molecule has 138 valence electrons. The number of hydrogen-bond acceptors (Lipinski definition) is 4. The first-order valence-electron chi connectivity index (χ1n) is 9.57. The molecule has 26 heavy (non-hydrogen) atoms. The summed E-state index contributed by atoms with van der Waals surface area (Å²) in [4.78, 5) is 23.2. The summed E-state index contributed by atoms with van der Waals surface area (Å²) < 4.78 is 0. The van der Waals surface area contributed by atoms with E-state index in [0.717, 1.165) is 44.6 Å². The number of nitrogens with one attached hydrogen (secondary N) is 1. The highest BCUT2D eigenvalue weighted by atomic mass is 16.2. The molecule has 0 aliphatic carbocycles. The van der Waals surface area contributed by atoms with Gasteiger partial charge in [0.05, 0.1) is 12.4 Å². The molecule has 1 amide bonds. The van der Waals surface area contributed by atoms with Crippen molar-refractivity contribution in [3.8, 4) is 0 Å². The van der Waals surface area contributed by atoms with E-state index in [1.807, 2.05) is 4.90 Å². The topological polar surface area (TPSA) is 58.1 Å². The zero-order valence-electron chi connectivity index (χ0n) is 15.7. The average molecular weight is 352 g/mol. The van der Waals surface area contributed by atoms with E-state index in [2.05, 4.69) is 59.5 Å². The van der Waals surface area contributed by atoms with Gasteiger partial charge in [0, 0.05) is 19.1 Å². The summed E-state index contributed by atoms with van der Waals surface area (Å²) in [6.45, 7) is 5.81. The molecule has 0 radical (unpaired) electrons. The van der Waals surface area contributed by atoms with E-state index in [4.69, 9.17) is 0 Å². The molecule has 1 saturated heterocycles. The molecule has 1 atom stereocenters. The third kappa shape index (κ3) is 4.81. The van der Waals surface area contributed by atoms with Gasteiger partial charge in [-0.25, -0.2) is 9.97 Å². The van der Waals surface area contributed by atoms with Crippen LogP contribution >= 0.6 is 0 Å². The molecule has 5 nitrogen and oxygen atoms in total. The number of benzene rings is 1. The van der Waals surface area contributed by atoms with Gasteiger partial charge >= 0.3 is 0 Å². The van der Waals surface area contributed by atoms with Crippen LogP contribution in [0.4, 0.5) is 5.82 Å². The van der Waals surface area contributed by atoms with E-state index in [0.29, 0.717) is 17.7 Å². The number of rotatable bonds is 6. The third-order valence-corrected chi connectivity index (χ3v) is 5.15. The Bertz CT molecular complexity index is 694. The molecule has 1 aliphatic heterocycles. The van der Waals surface area contributed by atoms with E-state index in [-0.39, 0.29) is 5.91 Å². The van der Waals surface area contributed by atoms with Crippen LogP contribution in [0.15, 0.2) is 42.7 Å². The largest absolute Gasteiger partial charge is 0.366 e. The molecular weight excluding hydrogens is 324 g/mol. The predicted octanol–water partition coefficient (Wildman–Crippen LogP) is 3.78. The lowest BCUT2D eigenvalue weighted by molar-refractivity contribution is 0.0684. The maximum atomic E-state index is 12.7. The summed E-state index contributed by atoms with van der Waals surface area (Å²) in [7, 11) is 0. The number of hydrogen-bond donors (Lipinski definition) is 1. The highest BCUT2D eigenvalue weighted by Crippen LogP contribution is 2.22. The zero-order chi connectivity index (χ0) is 18.4. The summed E-state index contributed by atoms with van der Waals surface area (Å²) in [5, 5.41) is 3.27. The van der Waals surface area contributed by atoms with Gasteiger partial charge in [0.2, 0.25) is 0 Å². The Morgan fingerprint density at radius 3 is 2.54 bits per heavy atom. The molecule has 1 aliphatic rings. The van der Waals surface area contributed by atoms with E-state index in [9.17, 15) is 4.79 Å². The SMILES string of the molecule is CCC(C)Nc1cnc(C(=O)N2CCC(Cc3ccccc3)CC2)cn1. The van der Waals surface area contributed by atoms with Crippen molar-refractivity contribution in [3.63, 3.8) is 0 Å². The van der Waals surface area contributed by atoms with Gasteiger partial charge in [-0.05, 0) is 44.1 Å². The minimum atomic E-state index is -0.00856. The summed E-state index contributed by atoms with van der Waals surface area (Å²) in [5.41, 5.74) is 1.81. The number of nitrogens with zero attached hydrogens (tertiary/aromatic N) is 3. The Morgan fingerprint density at radius 2 is 1.92 bits per heavy atom. The fourth-order valence-corrected chi connectivity index (χ4v) is 3.32. The van der Waals surface area contributed by atoms with Crippen LogP contribution in [0.25, 0.3) is 0 Å². The Kier molecular flexibility index (Phi) is 6.21. The van der Waals surface area contributed by atoms with Crippen molar-refractivity contribution >= 4 is 11.7 Å². The van der Waals surface area contributed by atoms with Crippen LogP contribution in [0.1, 0.15) is 49.2 Å². The van der Waals surface area contributed by atoms with Gasteiger partial charge < -0.3 is 10.2 Å². The second-order valence-electron chi connectivity index (χ2n) is 7.17. The van der Waals surface area contributed by atoms with Crippen LogP contribution in [-0.2, 0) is 6.42 Å². The van der Waals surface area contributed by atoms with E-state index >= 15 is 0 Å². The normalized spacial score (nSPS) is 16.3. The van der Waals surface area contributed by atoms with Crippen LogP contribution in [0.3, 0.4) is 0 Å². The van der Waals surface area contributed by atoms with Crippen molar-refractivity contribution in [2.24, 2.45) is 5.92 Å². The van der Waals surface area contributed by atoms with Crippen molar-refractivity contribution in [1.29, 1.82) is 0 Å². The minimum Gasteiger partial charge on any atom is -0.366 e. The van der Waals surface area contributed by atoms with Gasteiger partial charge in [0.1, 0.15) is 11.5 Å². The van der Waals surface area contributed by atoms with Gasteiger partial charge in [-0.2, -0.15) is 0 Å². The molecule has 0 spiro atoms. The second-order valence-corrected chi connectivity index (χ2v) is 7.17. The Labute approximate surface area is 155 Å². The van der Waals surface area contributed by atoms with Crippen LogP contribution in [0.5, 0.6) is 0 Å². The van der Waals surface area contributed by atoms with Crippen LogP contribution in [0.2, 0.25) is 0 Å². The van der Waals surface area contributed by atoms with Crippen LogP contribution in [-0.4, -0.2) is 39.9 Å². The highest BCUT2D eigenvalue weighted by molar-refractivity contribution is 5.92. The van der Waals surface area contributed by atoms with Crippen LogP contribution in [0, 0.1) is 5.92 Å². The molecule has 1 unspecified atom stereocenters. The zero-order valence-corrected chi connectivity index (χ0v) is 15.7. The van der Waals surface area contributed by atoms with Crippen LogP contribution < -0.4 is 5.32 Å². The lowest BCUT2D eigenvalue weighted by atomic mass is 9.90. The van der Waals surface area contributed by atoms with E-state index in [1.54, 1.807) is 12.4 Å². The van der Waals surface area contributed by atoms with Crippen molar-refractivity contribution in [2.75, 3.05) is 18.4 Å². The Hall–Kier alpha value is -2.43. The lowest BCUT2D eigenvalue weighted by Crippen LogP contribution is -2.39. The fourth-order valence-electron chi connectivity index (χ4n) is 3.32. The summed E-state index contributed by atoms with van der Waals surface area (Å²) in [6, 6.07) is 10.9. The first kappa shape index (κ1) is 18.4. The molecule has 1 aromatic carbocycles. The number of anilines is 1. The molecule has 3 rings (SSSR count). The first-order valence-corrected chi connectivity index (χ1v) is 9.57. The number of amides is 1. The number of likely N-dealkylation sites (tertiary alicyclic amines) is 1. The van der Waals surface area contributed by atoms with Gasteiger partial charge in [-0.1, -0.05) is 37.3 Å². The molecule has 0 bridgehead atoms. The highest BCUT2D eigenvalue weighted by Gasteiger charge is 2.24. The number of piperidine rings is 1. The maximum absolute atomic E-state index is 12.7. The molecule has 1 fully saturated rings. The second kappa shape index (κ2) is 8.79. The predicted molar refractivity (Wildman–Crippen MR) is 104 cm³/mol. The molecule has 0 saturated carbocycles. The molecule has 1 aromatic heterocycles. The number of aromatic nitrogens is 2. The van der Waals surface area contributed by atoms with Gasteiger partial charge in [-0.15, -0.1) is 0 Å². The third-order valence-electron chi connectivity index (χ3n) is 5.15. The van der Waals surface area contributed by atoms with Crippen molar-refractivity contribution in [2.45, 2.75) is 45.6 Å². The summed E-state index contributed by atoms with van der Waals surface area (Å²) in [6.07, 6.45) is 7.44.